The second-order valence-corrected chi connectivity index (χ2v) is 7.40. The molecule has 0 aliphatic heterocycles. The SMILES string of the molecule is COCCC1(CNS(=O)(=O)c2ccc(N)cc2Cl)CC1. The Kier molecular flexibility index (Phi) is 4.59. The first-order valence-electron chi connectivity index (χ1n) is 6.42. The number of hydrogen-bond donors (Lipinski definition) is 2. The van der Waals surface area contributed by atoms with Gasteiger partial charge in [0.15, 0.2) is 0 Å². The lowest BCUT2D eigenvalue weighted by Crippen LogP contribution is -2.31. The zero-order chi connectivity index (χ0) is 14.8. The van der Waals surface area contributed by atoms with Crippen LogP contribution >= 0.6 is 11.6 Å². The summed E-state index contributed by atoms with van der Waals surface area (Å²) in [7, 11) is -1.96. The molecule has 5 nitrogen and oxygen atoms in total. The normalized spacial score (nSPS) is 17.1. The number of nitrogens with one attached hydrogen (secondary N) is 1. The fourth-order valence-electron chi connectivity index (χ4n) is 2.07. The minimum absolute atomic E-state index is 0.0450. The highest BCUT2D eigenvalue weighted by molar-refractivity contribution is 7.89. The van der Waals surface area contributed by atoms with Gasteiger partial charge in [-0.15, -0.1) is 0 Å². The molecule has 0 amide bonds. The van der Waals surface area contributed by atoms with Crippen LogP contribution in [0, 0.1) is 5.41 Å². The molecule has 0 radical (unpaired) electrons. The van der Waals surface area contributed by atoms with E-state index >= 15 is 0 Å². The molecule has 1 aromatic rings. The summed E-state index contributed by atoms with van der Waals surface area (Å²) in [4.78, 5) is 0.0657. The number of sulfonamides is 1. The fraction of sp³-hybridized carbons (Fsp3) is 0.538. The van der Waals surface area contributed by atoms with Crippen molar-refractivity contribution < 1.29 is 13.2 Å². The second kappa shape index (κ2) is 5.89. The van der Waals surface area contributed by atoms with Crippen LogP contribution in [0.5, 0.6) is 0 Å². The number of hydrogen-bond acceptors (Lipinski definition) is 4. The third kappa shape index (κ3) is 3.63. The molecule has 0 bridgehead atoms. The number of rotatable bonds is 7. The minimum atomic E-state index is -3.60. The summed E-state index contributed by atoms with van der Waals surface area (Å²) in [5, 5.41) is 0.138. The van der Waals surface area contributed by atoms with E-state index in [1.165, 1.54) is 18.2 Å². The topological polar surface area (TPSA) is 81.4 Å². The molecule has 0 saturated heterocycles. The lowest BCUT2D eigenvalue weighted by atomic mass is 10.0. The summed E-state index contributed by atoms with van der Waals surface area (Å²) >= 11 is 5.94. The first-order chi connectivity index (χ1) is 9.38. The van der Waals surface area contributed by atoms with E-state index in [4.69, 9.17) is 22.1 Å². The van der Waals surface area contributed by atoms with Gasteiger partial charge in [0.1, 0.15) is 4.90 Å². The Bertz CT molecular complexity index is 585. The molecule has 3 N–H and O–H groups in total. The molecule has 7 heteroatoms. The average Bonchev–Trinajstić information content (AvgIpc) is 3.14. The minimum Gasteiger partial charge on any atom is -0.399 e. The van der Waals surface area contributed by atoms with E-state index in [1.807, 2.05) is 0 Å². The highest BCUT2D eigenvalue weighted by Gasteiger charge is 2.42. The van der Waals surface area contributed by atoms with Gasteiger partial charge in [-0.05, 0) is 42.9 Å². The molecule has 1 aliphatic rings. The highest BCUT2D eigenvalue weighted by atomic mass is 35.5. The van der Waals surface area contributed by atoms with Gasteiger partial charge in [0.2, 0.25) is 10.0 Å². The van der Waals surface area contributed by atoms with Gasteiger partial charge in [-0.3, -0.25) is 0 Å². The van der Waals surface area contributed by atoms with Crippen molar-refractivity contribution >= 4 is 27.3 Å². The van der Waals surface area contributed by atoms with Crippen molar-refractivity contribution in [3.05, 3.63) is 23.2 Å². The Hall–Kier alpha value is -0.820. The van der Waals surface area contributed by atoms with Crippen molar-refractivity contribution in [2.75, 3.05) is 26.0 Å². The zero-order valence-corrected chi connectivity index (χ0v) is 12.9. The van der Waals surface area contributed by atoms with Crippen molar-refractivity contribution in [1.82, 2.24) is 4.72 Å². The van der Waals surface area contributed by atoms with E-state index in [1.54, 1.807) is 7.11 Å². The lowest BCUT2D eigenvalue weighted by Gasteiger charge is -2.16. The smallest absolute Gasteiger partial charge is 0.242 e. The third-order valence-corrected chi connectivity index (χ3v) is 5.56. The van der Waals surface area contributed by atoms with E-state index in [-0.39, 0.29) is 15.3 Å². The molecule has 20 heavy (non-hydrogen) atoms. The number of methoxy groups -OCH3 is 1. The first-order valence-corrected chi connectivity index (χ1v) is 8.28. The standard InChI is InChI=1S/C13H19ClN2O3S/c1-19-7-6-13(4-5-13)9-16-20(17,18)12-3-2-10(15)8-11(12)14/h2-3,8,16H,4-7,9,15H2,1H3. The summed E-state index contributed by atoms with van der Waals surface area (Å²) in [5.41, 5.74) is 6.05. The Morgan fingerprint density at radius 3 is 2.70 bits per heavy atom. The predicted molar refractivity (Wildman–Crippen MR) is 79.2 cm³/mol. The number of ether oxygens (including phenoxy) is 1. The molecule has 2 rings (SSSR count). The number of nitrogens with two attached hydrogens (primary N) is 1. The van der Waals surface area contributed by atoms with Crippen LogP contribution in [0.2, 0.25) is 5.02 Å². The zero-order valence-electron chi connectivity index (χ0n) is 11.4. The van der Waals surface area contributed by atoms with E-state index in [2.05, 4.69) is 4.72 Å². The molecule has 1 saturated carbocycles. The number of nitrogen functional groups attached to an aromatic ring is 1. The third-order valence-electron chi connectivity index (χ3n) is 3.68. The Balaban J connectivity index is 2.04. The van der Waals surface area contributed by atoms with Gasteiger partial charge in [0.05, 0.1) is 5.02 Å². The van der Waals surface area contributed by atoms with Crippen molar-refractivity contribution in [2.45, 2.75) is 24.2 Å². The number of halogens is 1. The summed E-state index contributed by atoms with van der Waals surface area (Å²) in [5.74, 6) is 0. The number of anilines is 1. The van der Waals surface area contributed by atoms with Crippen LogP contribution in [0.25, 0.3) is 0 Å². The summed E-state index contributed by atoms with van der Waals surface area (Å²) < 4.78 is 32.2. The second-order valence-electron chi connectivity index (χ2n) is 5.26. The van der Waals surface area contributed by atoms with Gasteiger partial charge in [-0.25, -0.2) is 13.1 Å². The Morgan fingerprint density at radius 2 is 2.15 bits per heavy atom. The predicted octanol–water partition coefficient (Wildman–Crippen LogP) is 2.02. The quantitative estimate of drug-likeness (QED) is 0.754. The summed E-state index contributed by atoms with van der Waals surface area (Å²) in [6.07, 6.45) is 2.91. The Morgan fingerprint density at radius 1 is 1.45 bits per heavy atom. The molecular formula is C13H19ClN2O3S. The van der Waals surface area contributed by atoms with Crippen LogP contribution < -0.4 is 10.5 Å². The molecule has 112 valence electrons. The van der Waals surface area contributed by atoms with Gasteiger partial charge >= 0.3 is 0 Å². The van der Waals surface area contributed by atoms with Gasteiger partial charge in [0, 0.05) is 25.9 Å². The number of benzene rings is 1. The van der Waals surface area contributed by atoms with Gasteiger partial charge in [0.25, 0.3) is 0 Å². The van der Waals surface area contributed by atoms with Gasteiger partial charge in [-0.2, -0.15) is 0 Å². The molecule has 0 aromatic heterocycles. The molecule has 0 atom stereocenters. The summed E-state index contributed by atoms with van der Waals surface area (Å²) in [6, 6.07) is 4.39. The van der Waals surface area contributed by atoms with Crippen LogP contribution in [-0.4, -0.2) is 28.7 Å². The van der Waals surface area contributed by atoms with E-state index < -0.39 is 10.0 Å². The maximum Gasteiger partial charge on any atom is 0.242 e. The van der Waals surface area contributed by atoms with Crippen molar-refractivity contribution in [3.8, 4) is 0 Å². The van der Waals surface area contributed by atoms with Crippen molar-refractivity contribution in [3.63, 3.8) is 0 Å². The van der Waals surface area contributed by atoms with E-state index in [9.17, 15) is 8.42 Å². The van der Waals surface area contributed by atoms with Crippen molar-refractivity contribution in [1.29, 1.82) is 0 Å². The van der Waals surface area contributed by atoms with Crippen LogP contribution in [0.3, 0.4) is 0 Å². The largest absolute Gasteiger partial charge is 0.399 e. The van der Waals surface area contributed by atoms with Gasteiger partial charge in [-0.1, -0.05) is 11.6 Å². The fourth-order valence-corrected chi connectivity index (χ4v) is 3.78. The maximum atomic E-state index is 12.2. The van der Waals surface area contributed by atoms with E-state index in [0.29, 0.717) is 18.8 Å². The molecule has 1 aliphatic carbocycles. The first kappa shape index (κ1) is 15.6. The molecule has 0 spiro atoms. The monoisotopic (exact) mass is 318 g/mol. The van der Waals surface area contributed by atoms with E-state index in [0.717, 1.165) is 19.3 Å². The van der Waals surface area contributed by atoms with Crippen LogP contribution in [-0.2, 0) is 14.8 Å². The Labute approximate surface area is 124 Å². The molecule has 0 unspecified atom stereocenters. The van der Waals surface area contributed by atoms with Crippen molar-refractivity contribution in [2.24, 2.45) is 5.41 Å². The van der Waals surface area contributed by atoms with Crippen LogP contribution in [0.4, 0.5) is 5.69 Å². The molecule has 0 heterocycles. The van der Waals surface area contributed by atoms with Gasteiger partial charge < -0.3 is 10.5 Å². The van der Waals surface area contributed by atoms with Crippen LogP contribution in [0.15, 0.2) is 23.1 Å². The molecule has 1 fully saturated rings. The summed E-state index contributed by atoms with van der Waals surface area (Å²) in [6.45, 7) is 1.06. The lowest BCUT2D eigenvalue weighted by molar-refractivity contribution is 0.173. The van der Waals surface area contributed by atoms with Crippen LogP contribution in [0.1, 0.15) is 19.3 Å². The average molecular weight is 319 g/mol. The highest BCUT2D eigenvalue weighted by Crippen LogP contribution is 2.48. The maximum absolute atomic E-state index is 12.2. The molecular weight excluding hydrogens is 300 g/mol. The molecule has 1 aromatic carbocycles.